The van der Waals surface area contributed by atoms with Crippen molar-refractivity contribution in [3.63, 3.8) is 0 Å². The summed E-state index contributed by atoms with van der Waals surface area (Å²) in [7, 11) is 4.45. The Labute approximate surface area is 168 Å². The van der Waals surface area contributed by atoms with E-state index < -0.39 is 18.0 Å². The number of halogens is 1. The third kappa shape index (κ3) is 5.29. The minimum absolute atomic E-state index is 0.150. The maximum absolute atomic E-state index is 12.4. The quantitative estimate of drug-likeness (QED) is 0.676. The number of rotatable bonds is 8. The van der Waals surface area contributed by atoms with Gasteiger partial charge >= 0.3 is 5.97 Å². The molecule has 0 heterocycles. The molecule has 0 saturated heterocycles. The van der Waals surface area contributed by atoms with Crippen molar-refractivity contribution in [1.29, 1.82) is 0 Å². The van der Waals surface area contributed by atoms with E-state index >= 15 is 0 Å². The summed E-state index contributed by atoms with van der Waals surface area (Å²) >= 11 is 6.09. The molecule has 0 bridgehead atoms. The highest BCUT2D eigenvalue weighted by Gasteiger charge is 2.21. The van der Waals surface area contributed by atoms with Crippen molar-refractivity contribution in [1.82, 2.24) is 5.32 Å². The largest absolute Gasteiger partial charge is 0.497 e. The number of ether oxygens (including phenoxy) is 4. The van der Waals surface area contributed by atoms with Gasteiger partial charge in [-0.1, -0.05) is 23.7 Å². The van der Waals surface area contributed by atoms with Crippen LogP contribution in [0.4, 0.5) is 0 Å². The molecule has 1 amide bonds. The predicted octanol–water partition coefficient (Wildman–Crippen LogP) is 3.23. The normalized spacial score (nSPS) is 11.3. The Morgan fingerprint density at radius 1 is 1.04 bits per heavy atom. The van der Waals surface area contributed by atoms with Gasteiger partial charge in [-0.25, -0.2) is 4.79 Å². The second-order valence-electron chi connectivity index (χ2n) is 5.81. The third-order valence-electron chi connectivity index (χ3n) is 3.95. The fourth-order valence-electron chi connectivity index (χ4n) is 2.39. The monoisotopic (exact) mass is 407 g/mol. The van der Waals surface area contributed by atoms with Crippen LogP contribution in [-0.2, 0) is 16.1 Å². The van der Waals surface area contributed by atoms with Gasteiger partial charge in [-0.3, -0.25) is 4.79 Å². The van der Waals surface area contributed by atoms with Gasteiger partial charge in [-0.15, -0.1) is 0 Å². The van der Waals surface area contributed by atoms with Crippen molar-refractivity contribution in [3.05, 3.63) is 52.5 Å². The molecule has 2 aromatic carbocycles. The van der Waals surface area contributed by atoms with Crippen LogP contribution in [-0.4, -0.2) is 39.3 Å². The van der Waals surface area contributed by atoms with Crippen LogP contribution in [0.1, 0.15) is 22.8 Å². The van der Waals surface area contributed by atoms with Crippen molar-refractivity contribution in [2.75, 3.05) is 21.3 Å². The van der Waals surface area contributed by atoms with E-state index in [4.69, 9.17) is 30.5 Å². The molecule has 0 unspecified atom stereocenters. The van der Waals surface area contributed by atoms with E-state index in [1.807, 2.05) is 12.1 Å². The number of hydrogen-bond donors (Lipinski definition) is 1. The number of methoxy groups -OCH3 is 3. The summed E-state index contributed by atoms with van der Waals surface area (Å²) in [5.74, 6) is 0.209. The highest BCUT2D eigenvalue weighted by molar-refractivity contribution is 6.32. The Kier molecular flexibility index (Phi) is 7.52. The van der Waals surface area contributed by atoms with Gasteiger partial charge in [0.05, 0.1) is 31.9 Å². The Hall–Kier alpha value is -2.93. The maximum atomic E-state index is 12.4. The number of nitrogens with one attached hydrogen (secondary N) is 1. The van der Waals surface area contributed by atoms with Gasteiger partial charge in [0, 0.05) is 6.54 Å². The van der Waals surface area contributed by atoms with Crippen LogP contribution in [0.15, 0.2) is 36.4 Å². The molecule has 8 heteroatoms. The van der Waals surface area contributed by atoms with Gasteiger partial charge in [-0.2, -0.15) is 0 Å². The first-order valence-electron chi connectivity index (χ1n) is 8.42. The minimum Gasteiger partial charge on any atom is -0.497 e. The van der Waals surface area contributed by atoms with E-state index in [0.717, 1.165) is 11.3 Å². The highest BCUT2D eigenvalue weighted by atomic mass is 35.5. The van der Waals surface area contributed by atoms with Crippen LogP contribution in [0.2, 0.25) is 5.02 Å². The summed E-state index contributed by atoms with van der Waals surface area (Å²) < 4.78 is 20.6. The molecule has 1 N–H and O–H groups in total. The molecule has 2 rings (SSSR count). The summed E-state index contributed by atoms with van der Waals surface area (Å²) in [6.07, 6.45) is -0.988. The summed E-state index contributed by atoms with van der Waals surface area (Å²) in [4.78, 5) is 24.6. The lowest BCUT2D eigenvalue weighted by Gasteiger charge is -2.15. The molecule has 0 fully saturated rings. The topological polar surface area (TPSA) is 83.1 Å². The zero-order chi connectivity index (χ0) is 20.7. The second-order valence-corrected chi connectivity index (χ2v) is 6.21. The lowest BCUT2D eigenvalue weighted by molar-refractivity contribution is -0.129. The summed E-state index contributed by atoms with van der Waals surface area (Å²) in [5, 5.41) is 2.92. The van der Waals surface area contributed by atoms with Crippen molar-refractivity contribution in [3.8, 4) is 17.2 Å². The van der Waals surface area contributed by atoms with Crippen LogP contribution in [0.25, 0.3) is 0 Å². The number of amides is 1. The molecule has 28 heavy (non-hydrogen) atoms. The average Bonchev–Trinajstić information content (AvgIpc) is 2.71. The predicted molar refractivity (Wildman–Crippen MR) is 104 cm³/mol. The Morgan fingerprint density at radius 3 is 2.29 bits per heavy atom. The van der Waals surface area contributed by atoms with E-state index in [9.17, 15) is 9.59 Å². The first kappa shape index (κ1) is 21.4. The molecule has 0 radical (unpaired) electrons. The molecule has 150 valence electrons. The number of hydrogen-bond acceptors (Lipinski definition) is 6. The molecule has 0 aromatic heterocycles. The minimum atomic E-state index is -0.988. The van der Waals surface area contributed by atoms with Crippen molar-refractivity contribution in [2.45, 2.75) is 19.6 Å². The zero-order valence-corrected chi connectivity index (χ0v) is 16.8. The van der Waals surface area contributed by atoms with E-state index in [0.29, 0.717) is 18.0 Å². The van der Waals surface area contributed by atoms with Crippen LogP contribution >= 0.6 is 11.6 Å². The summed E-state index contributed by atoms with van der Waals surface area (Å²) in [5.41, 5.74) is 1.04. The maximum Gasteiger partial charge on any atom is 0.339 e. The van der Waals surface area contributed by atoms with E-state index in [1.54, 1.807) is 19.2 Å². The van der Waals surface area contributed by atoms with Crippen LogP contribution in [0.5, 0.6) is 17.2 Å². The van der Waals surface area contributed by atoms with E-state index in [1.165, 1.54) is 33.3 Å². The van der Waals surface area contributed by atoms with E-state index in [2.05, 4.69) is 5.32 Å². The van der Waals surface area contributed by atoms with Gasteiger partial charge in [-0.05, 0) is 36.8 Å². The molecule has 7 nitrogen and oxygen atoms in total. The molecular weight excluding hydrogens is 386 g/mol. The molecule has 0 saturated carbocycles. The Bertz CT molecular complexity index is 837. The first-order chi connectivity index (χ1) is 13.4. The summed E-state index contributed by atoms with van der Waals surface area (Å²) in [6, 6.07) is 10.1. The van der Waals surface area contributed by atoms with Crippen molar-refractivity contribution >= 4 is 23.5 Å². The highest BCUT2D eigenvalue weighted by Crippen LogP contribution is 2.36. The Morgan fingerprint density at radius 2 is 1.71 bits per heavy atom. The zero-order valence-electron chi connectivity index (χ0n) is 16.1. The third-order valence-corrected chi connectivity index (χ3v) is 4.23. The lowest BCUT2D eigenvalue weighted by atomic mass is 10.2. The number of carbonyl (C=O) groups excluding carboxylic acids is 2. The average molecular weight is 408 g/mol. The van der Waals surface area contributed by atoms with Crippen LogP contribution in [0, 0.1) is 0 Å². The standard InChI is InChI=1S/C20H22ClNO6/c1-12(19(23)22-11-13-5-7-15(25-2)8-6-13)28-20(24)14-9-16(21)18(27-4)17(10-14)26-3/h5-10,12H,11H2,1-4H3,(H,22,23)/t12-/m1/s1. The van der Waals surface area contributed by atoms with Gasteiger partial charge in [0.2, 0.25) is 0 Å². The SMILES string of the molecule is COc1ccc(CNC(=O)[C@@H](C)OC(=O)c2cc(Cl)c(OC)c(OC)c2)cc1. The molecule has 0 aliphatic rings. The van der Waals surface area contributed by atoms with Gasteiger partial charge in [0.15, 0.2) is 17.6 Å². The van der Waals surface area contributed by atoms with Crippen molar-refractivity contribution < 1.29 is 28.5 Å². The van der Waals surface area contributed by atoms with Gasteiger partial charge in [0.1, 0.15) is 5.75 Å². The number of carbonyl (C=O) groups is 2. The molecule has 1 atom stereocenters. The molecule has 2 aromatic rings. The summed E-state index contributed by atoms with van der Waals surface area (Å²) in [6.45, 7) is 1.79. The van der Waals surface area contributed by atoms with Crippen LogP contribution < -0.4 is 19.5 Å². The number of benzene rings is 2. The fourth-order valence-corrected chi connectivity index (χ4v) is 2.68. The fraction of sp³-hybridized carbons (Fsp3) is 0.300. The van der Waals surface area contributed by atoms with Crippen molar-refractivity contribution in [2.24, 2.45) is 0 Å². The molecule has 0 aliphatic heterocycles. The number of esters is 1. The molecular formula is C20H22ClNO6. The smallest absolute Gasteiger partial charge is 0.339 e. The van der Waals surface area contributed by atoms with E-state index in [-0.39, 0.29) is 10.6 Å². The molecule has 0 spiro atoms. The lowest BCUT2D eigenvalue weighted by Crippen LogP contribution is -2.35. The van der Waals surface area contributed by atoms with Gasteiger partial charge in [0.25, 0.3) is 5.91 Å². The second kappa shape index (κ2) is 9.85. The first-order valence-corrected chi connectivity index (χ1v) is 8.80. The van der Waals surface area contributed by atoms with Crippen LogP contribution in [0.3, 0.4) is 0 Å². The molecule has 0 aliphatic carbocycles. The van der Waals surface area contributed by atoms with Gasteiger partial charge < -0.3 is 24.3 Å². The Balaban J connectivity index is 1.97.